The topological polar surface area (TPSA) is 92.0 Å². The number of aromatic nitrogens is 2. The Balaban J connectivity index is 2.17. The number of anilines is 1. The van der Waals surface area contributed by atoms with Gasteiger partial charge in [-0.2, -0.15) is 0 Å². The molecule has 1 heterocycles. The van der Waals surface area contributed by atoms with Gasteiger partial charge in [0.05, 0.1) is 6.10 Å². The van der Waals surface area contributed by atoms with Crippen LogP contribution in [0.3, 0.4) is 0 Å². The Bertz CT molecular complexity index is 610. The summed E-state index contributed by atoms with van der Waals surface area (Å²) in [5.41, 5.74) is 6.12. The standard InChI is InChI=1S/C13H15N3O2S/c1-2-10(17)8-3-5-9(6-4-8)19-13-15-11(14)7-12(18)16-13/h3-7,10,17H,2H2,1H3,(H3,14,15,16,18)/t10-/m0/s1. The van der Waals surface area contributed by atoms with E-state index in [1.54, 1.807) is 0 Å². The minimum atomic E-state index is -0.440. The quantitative estimate of drug-likeness (QED) is 0.743. The number of benzene rings is 1. The first-order valence-electron chi connectivity index (χ1n) is 5.91. The molecular formula is C13H15N3O2S. The Morgan fingerprint density at radius 1 is 1.42 bits per heavy atom. The average molecular weight is 277 g/mol. The lowest BCUT2D eigenvalue weighted by Crippen LogP contribution is -2.09. The van der Waals surface area contributed by atoms with E-state index < -0.39 is 6.10 Å². The van der Waals surface area contributed by atoms with Crippen LogP contribution in [0.25, 0.3) is 0 Å². The fraction of sp³-hybridized carbons (Fsp3) is 0.231. The van der Waals surface area contributed by atoms with Crippen LogP contribution < -0.4 is 11.3 Å². The van der Waals surface area contributed by atoms with E-state index in [2.05, 4.69) is 9.97 Å². The van der Waals surface area contributed by atoms with Crippen molar-refractivity contribution in [1.82, 2.24) is 9.97 Å². The summed E-state index contributed by atoms with van der Waals surface area (Å²) in [6, 6.07) is 8.72. The van der Waals surface area contributed by atoms with Crippen LogP contribution in [-0.4, -0.2) is 15.1 Å². The van der Waals surface area contributed by atoms with Gasteiger partial charge < -0.3 is 15.8 Å². The maximum Gasteiger partial charge on any atom is 0.253 e. The van der Waals surface area contributed by atoms with Gasteiger partial charge in [-0.25, -0.2) is 4.98 Å². The first-order valence-corrected chi connectivity index (χ1v) is 6.73. The lowest BCUT2D eigenvalue weighted by molar-refractivity contribution is 0.173. The van der Waals surface area contributed by atoms with E-state index in [-0.39, 0.29) is 11.4 Å². The van der Waals surface area contributed by atoms with E-state index in [0.29, 0.717) is 11.6 Å². The molecule has 2 aromatic rings. The molecule has 0 bridgehead atoms. The molecule has 0 saturated heterocycles. The molecule has 1 aromatic heterocycles. The number of aliphatic hydroxyl groups excluding tert-OH is 1. The van der Waals surface area contributed by atoms with Gasteiger partial charge in [-0.15, -0.1) is 0 Å². The van der Waals surface area contributed by atoms with E-state index >= 15 is 0 Å². The highest BCUT2D eigenvalue weighted by Gasteiger charge is 2.06. The number of nitrogens with one attached hydrogen (secondary N) is 1. The van der Waals surface area contributed by atoms with Gasteiger partial charge in [0.25, 0.3) is 5.56 Å². The molecule has 0 aliphatic heterocycles. The van der Waals surface area contributed by atoms with Gasteiger partial charge in [-0.05, 0) is 24.1 Å². The zero-order valence-electron chi connectivity index (χ0n) is 10.5. The predicted molar refractivity (Wildman–Crippen MR) is 75.1 cm³/mol. The van der Waals surface area contributed by atoms with E-state index in [1.807, 2.05) is 31.2 Å². The Morgan fingerprint density at radius 3 is 2.68 bits per heavy atom. The van der Waals surface area contributed by atoms with Gasteiger partial charge in [0, 0.05) is 11.0 Å². The molecule has 1 aromatic carbocycles. The maximum absolute atomic E-state index is 11.3. The average Bonchev–Trinajstić information content (AvgIpc) is 2.37. The molecule has 19 heavy (non-hydrogen) atoms. The summed E-state index contributed by atoms with van der Waals surface area (Å²) in [6.45, 7) is 1.93. The third kappa shape index (κ3) is 3.59. The fourth-order valence-electron chi connectivity index (χ4n) is 1.61. The van der Waals surface area contributed by atoms with E-state index in [9.17, 15) is 9.90 Å². The number of hydrogen-bond acceptors (Lipinski definition) is 5. The first kappa shape index (κ1) is 13.6. The normalized spacial score (nSPS) is 12.3. The molecule has 0 aliphatic rings. The maximum atomic E-state index is 11.3. The molecule has 0 fully saturated rings. The number of aromatic amines is 1. The molecule has 5 nitrogen and oxygen atoms in total. The van der Waals surface area contributed by atoms with Crippen molar-refractivity contribution in [2.75, 3.05) is 5.73 Å². The van der Waals surface area contributed by atoms with Crippen molar-refractivity contribution in [2.45, 2.75) is 29.5 Å². The second-order valence-electron chi connectivity index (χ2n) is 4.07. The molecular weight excluding hydrogens is 262 g/mol. The Kier molecular flexibility index (Phi) is 4.24. The summed E-state index contributed by atoms with van der Waals surface area (Å²) in [7, 11) is 0. The van der Waals surface area contributed by atoms with Crippen molar-refractivity contribution in [3.63, 3.8) is 0 Å². The molecule has 0 amide bonds. The zero-order chi connectivity index (χ0) is 13.8. The summed E-state index contributed by atoms with van der Waals surface area (Å²) in [5, 5.41) is 10.2. The number of H-pyrrole nitrogens is 1. The van der Waals surface area contributed by atoms with Gasteiger partial charge in [-0.3, -0.25) is 4.79 Å². The predicted octanol–water partition coefficient (Wildman–Crippen LogP) is 1.95. The first-order chi connectivity index (χ1) is 9.08. The van der Waals surface area contributed by atoms with Crippen LogP contribution in [0.15, 0.2) is 45.2 Å². The molecule has 0 radical (unpaired) electrons. The molecule has 0 saturated carbocycles. The second kappa shape index (κ2) is 5.90. The lowest BCUT2D eigenvalue weighted by Gasteiger charge is -2.08. The fourth-order valence-corrected chi connectivity index (χ4v) is 2.41. The monoisotopic (exact) mass is 277 g/mol. The Hall–Kier alpha value is -1.79. The van der Waals surface area contributed by atoms with Crippen LogP contribution in [0.5, 0.6) is 0 Å². The molecule has 4 N–H and O–H groups in total. The summed E-state index contributed by atoms with van der Waals surface area (Å²) in [6.07, 6.45) is 0.237. The number of aliphatic hydroxyl groups is 1. The van der Waals surface area contributed by atoms with Crippen LogP contribution >= 0.6 is 11.8 Å². The van der Waals surface area contributed by atoms with Crippen molar-refractivity contribution in [3.8, 4) is 0 Å². The zero-order valence-corrected chi connectivity index (χ0v) is 11.3. The van der Waals surface area contributed by atoms with Gasteiger partial charge in [0.1, 0.15) is 5.82 Å². The highest BCUT2D eigenvalue weighted by Crippen LogP contribution is 2.26. The lowest BCUT2D eigenvalue weighted by atomic mass is 10.1. The molecule has 2 rings (SSSR count). The van der Waals surface area contributed by atoms with Crippen LogP contribution in [0.1, 0.15) is 25.0 Å². The van der Waals surface area contributed by atoms with Crippen LogP contribution in [-0.2, 0) is 0 Å². The van der Waals surface area contributed by atoms with Crippen molar-refractivity contribution < 1.29 is 5.11 Å². The number of rotatable bonds is 4. The number of hydrogen-bond donors (Lipinski definition) is 3. The largest absolute Gasteiger partial charge is 0.388 e. The molecule has 0 spiro atoms. The smallest absolute Gasteiger partial charge is 0.253 e. The molecule has 0 aliphatic carbocycles. The number of nitrogens with zero attached hydrogens (tertiary/aromatic N) is 1. The Morgan fingerprint density at radius 2 is 2.11 bits per heavy atom. The van der Waals surface area contributed by atoms with Crippen molar-refractivity contribution in [2.24, 2.45) is 0 Å². The van der Waals surface area contributed by atoms with Crippen molar-refractivity contribution in [1.29, 1.82) is 0 Å². The van der Waals surface area contributed by atoms with Crippen molar-refractivity contribution in [3.05, 3.63) is 46.2 Å². The van der Waals surface area contributed by atoms with Gasteiger partial charge in [-0.1, -0.05) is 30.8 Å². The summed E-state index contributed by atoms with van der Waals surface area (Å²) < 4.78 is 0. The summed E-state index contributed by atoms with van der Waals surface area (Å²) >= 11 is 1.32. The molecule has 0 unspecified atom stereocenters. The molecule has 1 atom stereocenters. The van der Waals surface area contributed by atoms with E-state index in [0.717, 1.165) is 10.5 Å². The SMILES string of the molecule is CC[C@H](O)c1ccc(Sc2nc(N)cc(=O)[nH]2)cc1. The van der Waals surface area contributed by atoms with Crippen LogP contribution in [0.2, 0.25) is 0 Å². The minimum Gasteiger partial charge on any atom is -0.388 e. The summed E-state index contributed by atoms with van der Waals surface area (Å²) in [5.74, 6) is 0.198. The Labute approximate surface area is 114 Å². The number of nitrogens with two attached hydrogens (primary N) is 1. The minimum absolute atomic E-state index is 0.198. The summed E-state index contributed by atoms with van der Waals surface area (Å²) in [4.78, 5) is 18.8. The highest BCUT2D eigenvalue weighted by atomic mass is 32.2. The highest BCUT2D eigenvalue weighted by molar-refractivity contribution is 7.99. The second-order valence-corrected chi connectivity index (χ2v) is 5.13. The third-order valence-electron chi connectivity index (χ3n) is 2.61. The molecule has 6 heteroatoms. The van der Waals surface area contributed by atoms with Crippen molar-refractivity contribution >= 4 is 17.6 Å². The third-order valence-corrected chi connectivity index (χ3v) is 3.50. The molecule has 100 valence electrons. The van der Waals surface area contributed by atoms with Gasteiger partial charge >= 0.3 is 0 Å². The van der Waals surface area contributed by atoms with Crippen LogP contribution in [0.4, 0.5) is 5.82 Å². The van der Waals surface area contributed by atoms with Gasteiger partial charge in [0.15, 0.2) is 5.16 Å². The van der Waals surface area contributed by atoms with E-state index in [4.69, 9.17) is 5.73 Å². The number of nitrogen functional groups attached to an aromatic ring is 1. The van der Waals surface area contributed by atoms with Gasteiger partial charge in [0.2, 0.25) is 0 Å². The van der Waals surface area contributed by atoms with Crippen LogP contribution in [0, 0.1) is 0 Å². The van der Waals surface area contributed by atoms with E-state index in [1.165, 1.54) is 17.8 Å².